The van der Waals surface area contributed by atoms with Crippen LogP contribution in [-0.4, -0.2) is 28.2 Å². The number of aryl methyl sites for hydroxylation is 1. The van der Waals surface area contributed by atoms with E-state index in [1.54, 1.807) is 0 Å². The molecule has 0 radical (unpaired) electrons. The summed E-state index contributed by atoms with van der Waals surface area (Å²) in [6.07, 6.45) is 3.26. The number of nitrogens with one attached hydrogen (secondary N) is 1. The Morgan fingerprint density at radius 3 is 2.67 bits per heavy atom. The molecule has 0 amide bonds. The molecular weight excluding hydrogens is 242 g/mol. The molecule has 96 valence electrons. The zero-order valence-corrected chi connectivity index (χ0v) is 11.9. The third-order valence-corrected chi connectivity index (χ3v) is 3.65. The van der Waals surface area contributed by atoms with E-state index < -0.39 is 0 Å². The van der Waals surface area contributed by atoms with Gasteiger partial charge in [0.2, 0.25) is 0 Å². The number of anilines is 1. The Kier molecular flexibility index (Phi) is 4.42. The largest absolute Gasteiger partial charge is 0.366 e. The van der Waals surface area contributed by atoms with Crippen LogP contribution in [0.25, 0.3) is 10.8 Å². The second kappa shape index (κ2) is 6.05. The highest BCUT2D eigenvalue weighted by molar-refractivity contribution is 7.98. The average Bonchev–Trinajstić information content (AvgIpc) is 2.40. The summed E-state index contributed by atoms with van der Waals surface area (Å²) in [4.78, 5) is 0. The standard InChI is InChI=1S/C14H19N3S/c1-10(8-9-18-3)15-14-13-7-5-4-6-12(13)11(2)16-17-14/h4-7,10H,8-9H2,1-3H3,(H,15,17). The molecular formula is C14H19N3S. The third-order valence-electron chi connectivity index (χ3n) is 3.01. The fourth-order valence-corrected chi connectivity index (χ4v) is 2.53. The minimum Gasteiger partial charge on any atom is -0.366 e. The Labute approximate surface area is 112 Å². The van der Waals surface area contributed by atoms with E-state index in [-0.39, 0.29) is 0 Å². The van der Waals surface area contributed by atoms with Crippen molar-refractivity contribution in [1.82, 2.24) is 10.2 Å². The molecule has 18 heavy (non-hydrogen) atoms. The lowest BCUT2D eigenvalue weighted by Crippen LogP contribution is -2.17. The first kappa shape index (κ1) is 13.1. The van der Waals surface area contributed by atoms with Gasteiger partial charge < -0.3 is 5.32 Å². The second-order valence-electron chi connectivity index (χ2n) is 4.51. The number of fused-ring (bicyclic) bond motifs is 1. The molecule has 0 aliphatic heterocycles. The van der Waals surface area contributed by atoms with Crippen LogP contribution < -0.4 is 5.32 Å². The van der Waals surface area contributed by atoms with Gasteiger partial charge in [-0.25, -0.2) is 0 Å². The van der Waals surface area contributed by atoms with Crippen molar-refractivity contribution in [3.63, 3.8) is 0 Å². The van der Waals surface area contributed by atoms with Crippen LogP contribution in [0.2, 0.25) is 0 Å². The van der Waals surface area contributed by atoms with E-state index in [1.807, 2.05) is 30.8 Å². The van der Waals surface area contributed by atoms with Gasteiger partial charge in [-0.1, -0.05) is 24.3 Å². The summed E-state index contributed by atoms with van der Waals surface area (Å²) < 4.78 is 0. The van der Waals surface area contributed by atoms with Gasteiger partial charge in [0.1, 0.15) is 0 Å². The molecule has 1 heterocycles. The second-order valence-corrected chi connectivity index (χ2v) is 5.49. The number of thioether (sulfide) groups is 1. The molecule has 0 spiro atoms. The topological polar surface area (TPSA) is 37.8 Å². The van der Waals surface area contributed by atoms with Crippen LogP contribution >= 0.6 is 11.8 Å². The van der Waals surface area contributed by atoms with Crippen molar-refractivity contribution in [2.24, 2.45) is 0 Å². The molecule has 4 heteroatoms. The molecule has 3 nitrogen and oxygen atoms in total. The number of rotatable bonds is 5. The lowest BCUT2D eigenvalue weighted by molar-refractivity contribution is 0.763. The van der Waals surface area contributed by atoms with Crippen LogP contribution in [0.4, 0.5) is 5.82 Å². The van der Waals surface area contributed by atoms with E-state index in [2.05, 4.69) is 40.8 Å². The maximum absolute atomic E-state index is 4.29. The predicted molar refractivity (Wildman–Crippen MR) is 80.4 cm³/mol. The molecule has 1 atom stereocenters. The van der Waals surface area contributed by atoms with Crippen LogP contribution in [0, 0.1) is 6.92 Å². The fraction of sp³-hybridized carbons (Fsp3) is 0.429. The van der Waals surface area contributed by atoms with Gasteiger partial charge >= 0.3 is 0 Å². The first-order chi connectivity index (χ1) is 8.72. The third kappa shape index (κ3) is 2.93. The number of benzene rings is 1. The maximum atomic E-state index is 4.29. The van der Waals surface area contributed by atoms with Gasteiger partial charge in [0.25, 0.3) is 0 Å². The molecule has 0 bridgehead atoms. The first-order valence-electron chi connectivity index (χ1n) is 6.20. The Hall–Kier alpha value is -1.29. The Bertz CT molecular complexity index is 527. The van der Waals surface area contributed by atoms with E-state index in [0.717, 1.165) is 29.1 Å². The number of hydrogen-bond acceptors (Lipinski definition) is 4. The summed E-state index contributed by atoms with van der Waals surface area (Å²) in [5, 5.41) is 14.3. The molecule has 2 rings (SSSR count). The number of hydrogen-bond donors (Lipinski definition) is 1. The van der Waals surface area contributed by atoms with Crippen LogP contribution in [0.3, 0.4) is 0 Å². The van der Waals surface area contributed by atoms with Gasteiger partial charge in [-0.05, 0) is 32.3 Å². The lowest BCUT2D eigenvalue weighted by Gasteiger charge is -2.15. The van der Waals surface area contributed by atoms with Crippen molar-refractivity contribution in [3.05, 3.63) is 30.0 Å². The van der Waals surface area contributed by atoms with Gasteiger partial charge in [0.05, 0.1) is 5.69 Å². The summed E-state index contributed by atoms with van der Waals surface area (Å²) in [7, 11) is 0. The van der Waals surface area contributed by atoms with Crippen molar-refractivity contribution in [3.8, 4) is 0 Å². The molecule has 1 aromatic carbocycles. The monoisotopic (exact) mass is 261 g/mol. The molecule has 1 N–H and O–H groups in total. The van der Waals surface area contributed by atoms with Crippen molar-refractivity contribution < 1.29 is 0 Å². The molecule has 0 fully saturated rings. The number of aromatic nitrogens is 2. The summed E-state index contributed by atoms with van der Waals surface area (Å²) in [6, 6.07) is 8.69. The average molecular weight is 261 g/mol. The van der Waals surface area contributed by atoms with E-state index in [0.29, 0.717) is 6.04 Å². The smallest absolute Gasteiger partial charge is 0.156 e. The van der Waals surface area contributed by atoms with Gasteiger partial charge in [0, 0.05) is 16.8 Å². The predicted octanol–water partition coefficient (Wildman–Crippen LogP) is 3.49. The Balaban J connectivity index is 2.26. The van der Waals surface area contributed by atoms with E-state index in [1.165, 1.54) is 5.39 Å². The zero-order valence-electron chi connectivity index (χ0n) is 11.1. The molecule has 0 aliphatic rings. The Morgan fingerprint density at radius 1 is 1.22 bits per heavy atom. The molecule has 0 saturated carbocycles. The van der Waals surface area contributed by atoms with E-state index in [4.69, 9.17) is 0 Å². The van der Waals surface area contributed by atoms with Crippen LogP contribution in [-0.2, 0) is 0 Å². The Morgan fingerprint density at radius 2 is 1.94 bits per heavy atom. The molecule has 1 unspecified atom stereocenters. The van der Waals surface area contributed by atoms with Crippen LogP contribution in [0.1, 0.15) is 19.0 Å². The summed E-state index contributed by atoms with van der Waals surface area (Å²) in [5.74, 6) is 2.05. The quantitative estimate of drug-likeness (QED) is 0.894. The van der Waals surface area contributed by atoms with Gasteiger partial charge in [-0.2, -0.15) is 16.9 Å². The molecule has 0 saturated heterocycles. The summed E-state index contributed by atoms with van der Waals surface area (Å²) in [5.41, 5.74) is 0.980. The summed E-state index contributed by atoms with van der Waals surface area (Å²) >= 11 is 1.87. The van der Waals surface area contributed by atoms with Crippen molar-refractivity contribution in [2.75, 3.05) is 17.3 Å². The summed E-state index contributed by atoms with van der Waals surface area (Å²) in [6.45, 7) is 4.18. The number of nitrogens with zero attached hydrogens (tertiary/aromatic N) is 2. The van der Waals surface area contributed by atoms with E-state index in [9.17, 15) is 0 Å². The fourth-order valence-electron chi connectivity index (χ4n) is 1.94. The lowest BCUT2D eigenvalue weighted by atomic mass is 10.1. The maximum Gasteiger partial charge on any atom is 0.156 e. The first-order valence-corrected chi connectivity index (χ1v) is 7.59. The minimum atomic E-state index is 0.415. The minimum absolute atomic E-state index is 0.415. The van der Waals surface area contributed by atoms with Crippen LogP contribution in [0.5, 0.6) is 0 Å². The normalized spacial score (nSPS) is 12.6. The SMILES string of the molecule is CSCCC(C)Nc1nnc(C)c2ccccc12. The van der Waals surface area contributed by atoms with Gasteiger partial charge in [-0.3, -0.25) is 0 Å². The highest BCUT2D eigenvalue weighted by Gasteiger charge is 2.08. The molecule has 1 aromatic heterocycles. The van der Waals surface area contributed by atoms with Crippen LogP contribution in [0.15, 0.2) is 24.3 Å². The van der Waals surface area contributed by atoms with Gasteiger partial charge in [0.15, 0.2) is 5.82 Å². The van der Waals surface area contributed by atoms with E-state index >= 15 is 0 Å². The molecule has 0 aliphatic carbocycles. The van der Waals surface area contributed by atoms with Gasteiger partial charge in [-0.15, -0.1) is 5.10 Å². The van der Waals surface area contributed by atoms with Crippen molar-refractivity contribution in [2.45, 2.75) is 26.3 Å². The molecule has 2 aromatic rings. The zero-order chi connectivity index (χ0) is 13.0. The van der Waals surface area contributed by atoms with Crippen molar-refractivity contribution >= 4 is 28.4 Å². The highest BCUT2D eigenvalue weighted by Crippen LogP contribution is 2.23. The van der Waals surface area contributed by atoms with Crippen molar-refractivity contribution in [1.29, 1.82) is 0 Å². The highest BCUT2D eigenvalue weighted by atomic mass is 32.2.